The van der Waals surface area contributed by atoms with E-state index in [1.165, 1.54) is 231 Å². The summed E-state index contributed by atoms with van der Waals surface area (Å²) in [5.74, 6) is 13.2. The quantitative estimate of drug-likeness (QED) is 0.0845. The first-order chi connectivity index (χ1) is 46.3. The topological polar surface area (TPSA) is 0 Å². The molecule has 0 aliphatic heterocycles. The van der Waals surface area contributed by atoms with Crippen molar-refractivity contribution in [3.63, 3.8) is 0 Å². The van der Waals surface area contributed by atoms with Crippen molar-refractivity contribution in [2.75, 3.05) is 0 Å². The van der Waals surface area contributed by atoms with Crippen LogP contribution in [0.25, 0.3) is 0 Å². The van der Waals surface area contributed by atoms with Crippen LogP contribution in [-0.2, 0) is 0 Å². The molecule has 0 spiro atoms. The summed E-state index contributed by atoms with van der Waals surface area (Å²) in [6.45, 7) is 105. The molecule has 101 heavy (non-hydrogen) atoms. The number of rotatable bonds is 24. The molecule has 0 N–H and O–H groups in total. The van der Waals surface area contributed by atoms with Gasteiger partial charge in [0.05, 0.1) is 0 Å². The van der Waals surface area contributed by atoms with Gasteiger partial charge in [0, 0.05) is 0 Å². The van der Waals surface area contributed by atoms with Gasteiger partial charge in [-0.2, -0.15) is 0 Å². The first-order valence-corrected chi connectivity index (χ1v) is 46.3. The minimum Gasteiger partial charge on any atom is -0.0654 e. The highest BCUT2D eigenvalue weighted by molar-refractivity contribution is 4.77. The van der Waals surface area contributed by atoms with Crippen molar-refractivity contribution in [2.45, 2.75) is 550 Å². The van der Waals surface area contributed by atoms with Crippen LogP contribution in [0.3, 0.4) is 0 Å². The van der Waals surface area contributed by atoms with Crippen molar-refractivity contribution in [1.29, 1.82) is 0 Å². The second-order valence-corrected chi connectivity index (χ2v) is 41.0. The standard InChI is InChI=1S/11C7H16.4C6H12/c1-6(2)7(3,4)5;1-6(2)5-7(3)4;2*1-5-6-7(2,3)4;1-5-7(3,4)6-2;1-5-7(4)6(2)3;2*1-4-5-6-7(2)3;2*1-4-6-7(3)5-2;1-3-5-7-6-4-2;1-5-3-6(2)4-5;1-6(2)4-3-5-6;1-5-3-4-6(5)2;1-6-4-2-3-5-6/h6H,1-5H3;6-7H,5H2,1-4H3;3*5-6H2,1-4H3;6-7H,5H2,1-4H3;4*7H,4-6H2,1-3H3;3-7H2,1-2H3;5-6H,3-4H2,1-2H3;3-5H2,1-2H3;5-6H,3-4H2,1-2H3;6H,2-5H2,1H3/t;;;;;7-;;;7-;;;;;5-,6?;/m.....0..1....1./s1. The third-order valence-corrected chi connectivity index (χ3v) is 21.8. The maximum absolute atomic E-state index is 2.34. The van der Waals surface area contributed by atoms with Crippen LogP contribution >= 0.6 is 0 Å². The molecule has 0 saturated heterocycles. The average molecular weight is 1440 g/mol. The molecule has 0 bridgehead atoms. The molecule has 0 heteroatoms. The molecule has 0 radical (unpaired) electrons. The van der Waals surface area contributed by atoms with Gasteiger partial charge in [0.25, 0.3) is 0 Å². The second-order valence-electron chi connectivity index (χ2n) is 41.0. The number of unbranched alkanes of at least 4 members (excludes halogenated alkanes) is 6. The molecule has 0 aromatic heterocycles. The summed E-state index contributed by atoms with van der Waals surface area (Å²) in [7, 11) is 0. The fourth-order valence-corrected chi connectivity index (χ4v) is 10.6. The molecule has 0 aromatic rings. The second kappa shape index (κ2) is 84.0. The Morgan fingerprint density at radius 3 is 0.683 bits per heavy atom. The van der Waals surface area contributed by atoms with E-state index in [9.17, 15) is 0 Å². The first kappa shape index (κ1) is 125. The Kier molecular flexibility index (Phi) is 104. The van der Waals surface area contributed by atoms with Gasteiger partial charge in [0.1, 0.15) is 0 Å². The third kappa shape index (κ3) is 136. The zero-order chi connectivity index (χ0) is 82.0. The van der Waals surface area contributed by atoms with E-state index in [1.54, 1.807) is 0 Å². The molecular weight excluding hydrogens is 1210 g/mol. The molecule has 628 valence electrons. The average Bonchev–Trinajstić information content (AvgIpc) is 1.41. The summed E-state index contributed by atoms with van der Waals surface area (Å²) in [4.78, 5) is 0. The van der Waals surface area contributed by atoms with Crippen LogP contribution in [0.5, 0.6) is 0 Å². The predicted molar refractivity (Wildman–Crippen MR) is 488 cm³/mol. The van der Waals surface area contributed by atoms with Crippen molar-refractivity contribution in [3.8, 4) is 0 Å². The van der Waals surface area contributed by atoms with E-state index in [-0.39, 0.29) is 0 Å². The van der Waals surface area contributed by atoms with Crippen molar-refractivity contribution >= 4 is 0 Å². The molecule has 0 heterocycles. The zero-order valence-corrected chi connectivity index (χ0v) is 82.0. The van der Waals surface area contributed by atoms with Gasteiger partial charge in [-0.3, -0.25) is 0 Å². The van der Waals surface area contributed by atoms with Crippen molar-refractivity contribution in [3.05, 3.63) is 0 Å². The first-order valence-electron chi connectivity index (χ1n) is 46.3. The van der Waals surface area contributed by atoms with E-state index < -0.39 is 0 Å². The summed E-state index contributed by atoms with van der Waals surface area (Å²) < 4.78 is 0. The Labute approximate surface area is 655 Å². The SMILES string of the molecule is CC(C)C(C)(C)C.CC(C)CC(C)C.CC1(C)CCC1.CC1CC(C)C1.CC1CCCC1.CC1CC[C@H]1C.CCC(C)(C)CC.CCCC(C)(C)C.CCCC(C)(C)C.CCCC(C)CC.CCCCC(C)C.CCCCC(C)C.CCCCCCC.CCC[C@H](C)CC.CC[C@H](C)C(C)C. The van der Waals surface area contributed by atoms with Gasteiger partial charge in [-0.25, -0.2) is 0 Å². The van der Waals surface area contributed by atoms with Crippen LogP contribution in [0.2, 0.25) is 0 Å². The molecule has 4 fully saturated rings. The molecule has 4 rings (SSSR count). The highest BCUT2D eigenvalue weighted by Crippen LogP contribution is 2.39. The van der Waals surface area contributed by atoms with Crippen LogP contribution in [0, 0.1) is 110 Å². The van der Waals surface area contributed by atoms with E-state index >= 15 is 0 Å². The zero-order valence-electron chi connectivity index (χ0n) is 82.0. The third-order valence-electron chi connectivity index (χ3n) is 21.8. The lowest BCUT2D eigenvalue weighted by molar-refractivity contribution is 0.190. The highest BCUT2D eigenvalue weighted by Gasteiger charge is 2.25. The van der Waals surface area contributed by atoms with E-state index in [0.717, 1.165) is 88.3 Å². The van der Waals surface area contributed by atoms with Crippen molar-refractivity contribution in [1.82, 2.24) is 0 Å². The molecule has 5 atom stereocenters. The number of hydrogen-bond donors (Lipinski definition) is 0. The Morgan fingerprint density at radius 2 is 0.634 bits per heavy atom. The highest BCUT2D eigenvalue weighted by atomic mass is 14.3. The maximum atomic E-state index is 2.34. The van der Waals surface area contributed by atoms with Crippen LogP contribution < -0.4 is 0 Å². The van der Waals surface area contributed by atoms with Crippen LogP contribution in [0.15, 0.2) is 0 Å². The summed E-state index contributed by atoms with van der Waals surface area (Å²) >= 11 is 0. The molecule has 2 unspecified atom stereocenters. The molecule has 4 aliphatic carbocycles. The normalized spacial score (nSPS) is 17.8. The van der Waals surface area contributed by atoms with Crippen molar-refractivity contribution < 1.29 is 0 Å². The summed E-state index contributed by atoms with van der Waals surface area (Å²) in [5.41, 5.74) is 2.91. The predicted octanol–water partition coefficient (Wildman–Crippen LogP) is 39.4. The van der Waals surface area contributed by atoms with Gasteiger partial charge >= 0.3 is 0 Å². The lowest BCUT2D eigenvalue weighted by atomic mass is 9.72. The van der Waals surface area contributed by atoms with Gasteiger partial charge < -0.3 is 0 Å². The monoisotopic (exact) mass is 1440 g/mol. The summed E-state index contributed by atoms with van der Waals surface area (Å²) in [6.07, 6.45) is 50.2. The Balaban J connectivity index is -0.0000000955. The van der Waals surface area contributed by atoms with Gasteiger partial charge in [-0.1, -0.05) is 505 Å². The Hall–Kier alpha value is 0. The van der Waals surface area contributed by atoms with E-state index in [1.807, 2.05) is 0 Å². The van der Waals surface area contributed by atoms with E-state index in [2.05, 4.69) is 318 Å². The molecule has 0 nitrogen and oxygen atoms in total. The summed E-state index contributed by atoms with van der Waals surface area (Å²) in [5, 5.41) is 0. The Morgan fingerprint density at radius 1 is 0.337 bits per heavy atom. The lowest BCUT2D eigenvalue weighted by Gasteiger charge is -2.33. The fraction of sp³-hybridized carbons (Fsp3) is 1.00. The minimum absolute atomic E-state index is 0.500. The fourth-order valence-electron chi connectivity index (χ4n) is 10.6. The smallest absolute Gasteiger partial charge is 0.0354 e. The largest absolute Gasteiger partial charge is 0.0654 e. The maximum Gasteiger partial charge on any atom is -0.0354 e. The molecule has 4 saturated carbocycles. The van der Waals surface area contributed by atoms with E-state index in [0.29, 0.717) is 21.7 Å². The van der Waals surface area contributed by atoms with Crippen LogP contribution in [-0.4, -0.2) is 0 Å². The van der Waals surface area contributed by atoms with Crippen molar-refractivity contribution in [2.24, 2.45) is 110 Å². The van der Waals surface area contributed by atoms with Crippen LogP contribution in [0.4, 0.5) is 0 Å². The van der Waals surface area contributed by atoms with Gasteiger partial charge in [0.2, 0.25) is 0 Å². The van der Waals surface area contributed by atoms with Gasteiger partial charge in [0.15, 0.2) is 0 Å². The molecule has 4 aliphatic rings. The van der Waals surface area contributed by atoms with Gasteiger partial charge in [-0.15, -0.1) is 0 Å². The molecule has 0 amide bonds. The molecule has 0 aromatic carbocycles. The lowest BCUT2D eigenvalue weighted by Crippen LogP contribution is -2.20. The minimum atomic E-state index is 0.500. The van der Waals surface area contributed by atoms with E-state index in [4.69, 9.17) is 0 Å². The Bertz CT molecular complexity index is 1320. The van der Waals surface area contributed by atoms with Crippen LogP contribution in [0.1, 0.15) is 550 Å². The summed E-state index contributed by atoms with van der Waals surface area (Å²) in [6, 6.07) is 0. The van der Waals surface area contributed by atoms with Gasteiger partial charge in [-0.05, 0) is 155 Å². The molecular formula is C101H224. The number of hydrogen-bond acceptors (Lipinski definition) is 0.